The topological polar surface area (TPSA) is 109 Å². The van der Waals surface area contributed by atoms with Gasteiger partial charge in [-0.3, -0.25) is 19.3 Å². The highest BCUT2D eigenvalue weighted by molar-refractivity contribution is 7.14. The van der Waals surface area contributed by atoms with Crippen molar-refractivity contribution in [3.63, 3.8) is 0 Å². The second kappa shape index (κ2) is 13.6. The molecule has 2 aromatic heterocycles. The van der Waals surface area contributed by atoms with E-state index in [9.17, 15) is 14.4 Å². The molecule has 4 aromatic rings. The summed E-state index contributed by atoms with van der Waals surface area (Å²) in [4.78, 5) is 50.1. The highest BCUT2D eigenvalue weighted by Crippen LogP contribution is 2.32. The van der Waals surface area contributed by atoms with E-state index in [-0.39, 0.29) is 23.2 Å². The predicted molar refractivity (Wildman–Crippen MR) is 182 cm³/mol. The number of anilines is 3. The lowest BCUT2D eigenvalue weighted by Gasteiger charge is -2.35. The molecule has 1 unspecified atom stereocenters. The Morgan fingerprint density at radius 3 is 2.50 bits per heavy atom. The van der Waals surface area contributed by atoms with Gasteiger partial charge in [0.25, 0.3) is 11.5 Å². The van der Waals surface area contributed by atoms with Crippen molar-refractivity contribution in [3.8, 4) is 11.3 Å². The van der Waals surface area contributed by atoms with Gasteiger partial charge < -0.3 is 24.8 Å². The van der Waals surface area contributed by atoms with Crippen LogP contribution in [-0.4, -0.2) is 71.6 Å². The first kappa shape index (κ1) is 31.7. The van der Waals surface area contributed by atoms with Crippen LogP contribution in [0.25, 0.3) is 11.3 Å². The van der Waals surface area contributed by atoms with Crippen molar-refractivity contribution in [3.05, 3.63) is 91.5 Å². The molecule has 0 saturated carbocycles. The van der Waals surface area contributed by atoms with Crippen molar-refractivity contribution in [1.82, 2.24) is 19.4 Å². The number of benzene rings is 2. The third-order valence-corrected chi connectivity index (χ3v) is 9.96. The molecule has 6 rings (SSSR count). The van der Waals surface area contributed by atoms with Crippen LogP contribution in [0.2, 0.25) is 0 Å². The second-order valence-electron chi connectivity index (χ2n) is 12.1. The number of aryl methyl sites for hydroxylation is 3. The Labute approximate surface area is 273 Å². The van der Waals surface area contributed by atoms with E-state index in [4.69, 9.17) is 9.72 Å². The molecule has 1 saturated heterocycles. The quantitative estimate of drug-likeness (QED) is 0.274. The number of hydrogen-bond donors (Lipinski definition) is 2. The van der Waals surface area contributed by atoms with Crippen molar-refractivity contribution in [1.29, 1.82) is 0 Å². The zero-order chi connectivity index (χ0) is 32.4. The Morgan fingerprint density at radius 1 is 1.04 bits per heavy atom. The third kappa shape index (κ3) is 6.62. The van der Waals surface area contributed by atoms with Crippen molar-refractivity contribution < 1.29 is 14.3 Å². The molecule has 2 aromatic carbocycles. The molecular weight excluding hydrogens is 600 g/mol. The molecule has 0 bridgehead atoms. The van der Waals surface area contributed by atoms with E-state index in [0.29, 0.717) is 43.4 Å². The van der Waals surface area contributed by atoms with Crippen LogP contribution in [-0.2, 0) is 29.4 Å². The highest BCUT2D eigenvalue weighted by atomic mass is 32.1. The largest absolute Gasteiger partial charge is 0.379 e. The summed E-state index contributed by atoms with van der Waals surface area (Å²) in [5.74, 6) is 0.0796. The summed E-state index contributed by atoms with van der Waals surface area (Å²) in [7, 11) is 5.23. The molecule has 0 spiro atoms. The lowest BCUT2D eigenvalue weighted by Crippen LogP contribution is -2.45. The molecule has 2 amide bonds. The van der Waals surface area contributed by atoms with Crippen LogP contribution < -0.4 is 16.2 Å². The minimum absolute atomic E-state index is 0.00847. The first-order valence-corrected chi connectivity index (χ1v) is 16.5. The van der Waals surface area contributed by atoms with Crippen LogP contribution >= 0.6 is 11.3 Å². The van der Waals surface area contributed by atoms with E-state index in [1.807, 2.05) is 55.5 Å². The van der Waals surface area contributed by atoms with Crippen molar-refractivity contribution in [2.45, 2.75) is 38.6 Å². The summed E-state index contributed by atoms with van der Waals surface area (Å²) in [5, 5.41) is 6.29. The maximum atomic E-state index is 13.2. The molecule has 11 heteroatoms. The van der Waals surface area contributed by atoms with Gasteiger partial charge in [-0.1, -0.05) is 24.3 Å². The van der Waals surface area contributed by atoms with Crippen LogP contribution in [0.4, 0.5) is 17.2 Å². The van der Waals surface area contributed by atoms with E-state index in [0.717, 1.165) is 34.4 Å². The van der Waals surface area contributed by atoms with E-state index in [1.54, 1.807) is 43.6 Å². The van der Waals surface area contributed by atoms with Crippen LogP contribution in [0.1, 0.15) is 50.1 Å². The molecule has 240 valence electrons. The van der Waals surface area contributed by atoms with E-state index >= 15 is 0 Å². The number of amides is 2. The van der Waals surface area contributed by atoms with Gasteiger partial charge in [-0.05, 0) is 73.6 Å². The van der Waals surface area contributed by atoms with Crippen molar-refractivity contribution in [2.24, 2.45) is 7.05 Å². The number of hydrogen-bond acceptors (Lipinski definition) is 8. The molecule has 1 atom stereocenters. The zero-order valence-electron chi connectivity index (χ0n) is 26.8. The number of aromatic nitrogens is 2. The lowest BCUT2D eigenvalue weighted by atomic mass is 9.99. The molecule has 3 heterocycles. The summed E-state index contributed by atoms with van der Waals surface area (Å²) in [6.07, 6.45) is 6.15. The average molecular weight is 641 g/mol. The number of nitrogens with zero attached hydrogens (tertiary/aromatic N) is 4. The van der Waals surface area contributed by atoms with Gasteiger partial charge >= 0.3 is 0 Å². The number of fused-ring (bicyclic) bond motifs is 1. The molecular formula is C35H40N6O4S. The van der Waals surface area contributed by atoms with Gasteiger partial charge in [0.2, 0.25) is 5.91 Å². The maximum Gasteiger partial charge on any atom is 0.293 e. The number of carbonyl (C=O) groups excluding carboxylic acids is 2. The summed E-state index contributed by atoms with van der Waals surface area (Å²) < 4.78 is 7.01. The van der Waals surface area contributed by atoms with Crippen LogP contribution in [0.3, 0.4) is 0 Å². The maximum absolute atomic E-state index is 13.2. The fourth-order valence-corrected chi connectivity index (χ4v) is 7.28. The molecule has 46 heavy (non-hydrogen) atoms. The number of rotatable bonds is 8. The Morgan fingerprint density at radius 2 is 1.78 bits per heavy atom. The van der Waals surface area contributed by atoms with E-state index in [1.165, 1.54) is 27.8 Å². The third-order valence-electron chi connectivity index (χ3n) is 8.72. The average Bonchev–Trinajstić information content (AvgIpc) is 3.50. The zero-order valence-corrected chi connectivity index (χ0v) is 27.6. The number of morpholine rings is 1. The summed E-state index contributed by atoms with van der Waals surface area (Å²) in [6.45, 7) is 4.48. The lowest BCUT2D eigenvalue weighted by molar-refractivity contribution is -0.136. The van der Waals surface area contributed by atoms with Crippen LogP contribution in [0, 0.1) is 6.92 Å². The van der Waals surface area contributed by atoms with Gasteiger partial charge in [-0.15, -0.1) is 11.3 Å². The van der Waals surface area contributed by atoms with Gasteiger partial charge in [0, 0.05) is 62.2 Å². The number of nitrogens with one attached hydrogen (secondary N) is 2. The molecule has 1 aliphatic heterocycles. The monoisotopic (exact) mass is 640 g/mol. The molecule has 10 nitrogen and oxygen atoms in total. The Hall–Kier alpha value is -4.32. The summed E-state index contributed by atoms with van der Waals surface area (Å²) >= 11 is 1.59. The normalized spacial score (nSPS) is 15.6. The number of likely N-dealkylation sites (N-methyl/N-ethyl adjacent to an activating group) is 1. The Balaban J connectivity index is 1.23. The fraction of sp³-hybridized carbons (Fsp3) is 0.371. The van der Waals surface area contributed by atoms with E-state index < -0.39 is 6.04 Å². The number of carbonyl (C=O) groups is 2. The Bertz CT molecular complexity index is 1780. The first-order chi connectivity index (χ1) is 22.2. The molecule has 1 fully saturated rings. The van der Waals surface area contributed by atoms with Gasteiger partial charge in [0.15, 0.2) is 5.82 Å². The smallest absolute Gasteiger partial charge is 0.293 e. The summed E-state index contributed by atoms with van der Waals surface area (Å²) in [5.41, 5.74) is 5.56. The highest BCUT2D eigenvalue weighted by Gasteiger charge is 2.30. The predicted octanol–water partition coefficient (Wildman–Crippen LogP) is 5.15. The summed E-state index contributed by atoms with van der Waals surface area (Å²) in [6, 6.07) is 14.9. The van der Waals surface area contributed by atoms with Gasteiger partial charge in [-0.2, -0.15) is 0 Å². The van der Waals surface area contributed by atoms with Crippen LogP contribution in [0.15, 0.2) is 59.5 Å². The van der Waals surface area contributed by atoms with Gasteiger partial charge in [-0.25, -0.2) is 4.98 Å². The number of thiophene rings is 1. The second-order valence-corrected chi connectivity index (χ2v) is 13.3. The Kier molecular flexibility index (Phi) is 9.34. The molecule has 2 aliphatic rings. The molecule has 2 N–H and O–H groups in total. The first-order valence-electron chi connectivity index (χ1n) is 15.7. The van der Waals surface area contributed by atoms with Gasteiger partial charge in [0.1, 0.15) is 6.04 Å². The van der Waals surface area contributed by atoms with E-state index in [2.05, 4.69) is 15.5 Å². The number of ether oxygens (including phenoxy) is 1. The minimum atomic E-state index is -0.414. The minimum Gasteiger partial charge on any atom is -0.379 e. The van der Waals surface area contributed by atoms with Gasteiger partial charge in [0.05, 0.1) is 23.8 Å². The van der Waals surface area contributed by atoms with Crippen molar-refractivity contribution >= 4 is 40.3 Å². The molecule has 0 radical (unpaired) electrons. The van der Waals surface area contributed by atoms with Crippen molar-refractivity contribution in [2.75, 3.05) is 51.0 Å². The SMILES string of the molecule is Cc1c(NC(=O)c2cc3c(s2)CCCC3)cccc1-c1cn(C)c(=O)c(Nc2ccc(C(C(=O)N(C)C)N3CCOCC3)cc2)n1. The van der Waals surface area contributed by atoms with Crippen LogP contribution in [0.5, 0.6) is 0 Å². The standard InChI is InChI=1S/C35H40N6O4S/c1-22-26(9-7-10-27(22)38-33(42)30-20-24-8-5-6-11-29(24)46-30)28-21-40(4)35(44)32(37-28)36-25-14-12-23(13-15-25)31(34(43)39(2)3)41-16-18-45-19-17-41/h7,9-10,12-15,20-21,31H,5-6,8,11,16-19H2,1-4H3,(H,36,37)(H,38,42). The fourth-order valence-electron chi connectivity index (χ4n) is 6.13. The molecule has 1 aliphatic carbocycles.